The Balaban J connectivity index is 1.92. The molecule has 111 valence electrons. The average Bonchev–Trinajstić information content (AvgIpc) is 2.96. The van der Waals surface area contributed by atoms with Crippen molar-refractivity contribution >= 4 is 19.9 Å². The van der Waals surface area contributed by atoms with Crippen molar-refractivity contribution < 1.29 is 3.83 Å². The molecule has 1 aliphatic carbocycles. The van der Waals surface area contributed by atoms with Gasteiger partial charge in [0.15, 0.2) is 0 Å². The second-order valence-electron chi connectivity index (χ2n) is 5.31. The molecule has 0 saturated heterocycles. The summed E-state index contributed by atoms with van der Waals surface area (Å²) in [6, 6.07) is 10.4. The van der Waals surface area contributed by atoms with Gasteiger partial charge in [-0.1, -0.05) is 0 Å². The van der Waals surface area contributed by atoms with Gasteiger partial charge in [0, 0.05) is 0 Å². The third kappa shape index (κ3) is 4.60. The molecule has 2 nitrogen and oxygen atoms in total. The van der Waals surface area contributed by atoms with Gasteiger partial charge in [0.25, 0.3) is 0 Å². The topological polar surface area (TPSA) is 20.3 Å². The second kappa shape index (κ2) is 8.03. The molecule has 0 amide bonds. The summed E-state index contributed by atoms with van der Waals surface area (Å²) in [4.78, 5) is 3.20. The normalized spacial score (nSPS) is 20.4. The van der Waals surface area contributed by atoms with Crippen molar-refractivity contribution in [2.75, 3.05) is 14.1 Å². The van der Waals surface area contributed by atoms with Gasteiger partial charge in [-0.15, -0.1) is 0 Å². The fourth-order valence-electron chi connectivity index (χ4n) is 2.17. The Morgan fingerprint density at radius 3 is 2.57 bits per heavy atom. The summed E-state index contributed by atoms with van der Waals surface area (Å²) >= 11 is -2.01. The van der Waals surface area contributed by atoms with Crippen LogP contribution in [-0.4, -0.2) is 38.9 Å². The number of benzene rings is 1. The van der Waals surface area contributed by atoms with Crippen LogP contribution in [-0.2, 0) is 3.83 Å². The van der Waals surface area contributed by atoms with Gasteiger partial charge in [-0.3, -0.25) is 0 Å². The number of hydrogen-bond donors (Lipinski definition) is 0. The molecular formula is C18H22NOSe. The Bertz CT molecular complexity index is 483. The van der Waals surface area contributed by atoms with Crippen LogP contribution in [0.15, 0.2) is 36.4 Å². The average molecular weight is 347 g/mol. The summed E-state index contributed by atoms with van der Waals surface area (Å²) in [6.07, 6.45) is 10.2. The fraction of sp³-hybridized carbons (Fsp3) is 0.278. The van der Waals surface area contributed by atoms with Gasteiger partial charge >= 0.3 is 133 Å². The number of nitrogens with zero attached hydrogens (tertiary/aromatic N) is 1. The molecule has 1 aromatic rings. The summed E-state index contributed by atoms with van der Waals surface area (Å²) < 4.78 is 12.6. The molecule has 1 aliphatic rings. The summed E-state index contributed by atoms with van der Waals surface area (Å²) in [6.45, 7) is 2.15. The van der Waals surface area contributed by atoms with E-state index in [1.165, 1.54) is 5.92 Å². The van der Waals surface area contributed by atoms with Crippen LogP contribution >= 0.6 is 0 Å². The van der Waals surface area contributed by atoms with E-state index in [1.807, 2.05) is 43.2 Å². The minimum atomic E-state index is -2.01. The van der Waals surface area contributed by atoms with E-state index >= 15 is 0 Å². The number of hydrogen-bond acceptors (Lipinski definition) is 2. The first-order chi connectivity index (χ1) is 10.1. The van der Waals surface area contributed by atoms with Crippen LogP contribution in [0, 0.1) is 30.0 Å². The molecular weight excluding hydrogens is 325 g/mol. The van der Waals surface area contributed by atoms with E-state index in [-0.39, 0.29) is 0 Å². The van der Waals surface area contributed by atoms with Crippen LogP contribution in [0.2, 0.25) is 5.32 Å². The third-order valence-electron chi connectivity index (χ3n) is 3.64. The second-order valence-corrected chi connectivity index (χ2v) is 8.38. The van der Waals surface area contributed by atoms with E-state index in [2.05, 4.69) is 44.5 Å². The standard InChI is InChI=1S/C18H22NOSe/c1-15(19(2)3)17-12-7-13-18(17)21(20)14-8-11-16-9-5-4-6-10-16/h4-13,15H,14H2,1-3H3/b11-8-/t15-,21?/m0/s1. The zero-order valence-corrected chi connectivity index (χ0v) is 14.5. The maximum atomic E-state index is 12.6. The molecule has 1 fully saturated rings. The summed E-state index contributed by atoms with van der Waals surface area (Å²) in [7, 11) is 4.10. The van der Waals surface area contributed by atoms with Crippen molar-refractivity contribution in [2.45, 2.75) is 18.3 Å². The SMILES string of the molecule is C[C@@H]([C]1[CH][CH][CH][C]1[Se](=O)C/C=C\c1ccccc1)N(C)C. The van der Waals surface area contributed by atoms with Crippen LogP contribution < -0.4 is 0 Å². The molecule has 1 aromatic carbocycles. The molecule has 1 saturated carbocycles. The number of rotatable bonds is 6. The zero-order valence-electron chi connectivity index (χ0n) is 12.8. The Morgan fingerprint density at radius 2 is 1.90 bits per heavy atom. The third-order valence-corrected chi connectivity index (χ3v) is 6.48. The van der Waals surface area contributed by atoms with E-state index in [1.54, 1.807) is 0 Å². The van der Waals surface area contributed by atoms with Gasteiger partial charge in [0.1, 0.15) is 0 Å². The van der Waals surface area contributed by atoms with E-state index in [0.717, 1.165) is 10.4 Å². The van der Waals surface area contributed by atoms with Crippen molar-refractivity contribution in [3.8, 4) is 0 Å². The van der Waals surface area contributed by atoms with Gasteiger partial charge in [0.05, 0.1) is 0 Å². The van der Waals surface area contributed by atoms with Crippen LogP contribution in [0.5, 0.6) is 0 Å². The van der Waals surface area contributed by atoms with Gasteiger partial charge in [-0.25, -0.2) is 0 Å². The molecule has 0 N–H and O–H groups in total. The first-order valence-corrected chi connectivity index (χ1v) is 9.88. The van der Waals surface area contributed by atoms with E-state index in [0.29, 0.717) is 11.4 Å². The predicted molar refractivity (Wildman–Crippen MR) is 89.3 cm³/mol. The van der Waals surface area contributed by atoms with Gasteiger partial charge in [-0.05, 0) is 0 Å². The summed E-state index contributed by atoms with van der Waals surface area (Å²) in [5, 5.41) is 0.645. The van der Waals surface area contributed by atoms with Gasteiger partial charge < -0.3 is 0 Å². The molecule has 0 bridgehead atoms. The summed E-state index contributed by atoms with van der Waals surface area (Å²) in [5.74, 6) is 1.20. The molecule has 0 spiro atoms. The molecule has 5 radical (unpaired) electrons. The van der Waals surface area contributed by atoms with E-state index in [4.69, 9.17) is 0 Å². The molecule has 3 heteroatoms. The quantitative estimate of drug-likeness (QED) is 0.736. The van der Waals surface area contributed by atoms with Gasteiger partial charge in [-0.2, -0.15) is 0 Å². The molecule has 2 atom stereocenters. The van der Waals surface area contributed by atoms with Crippen LogP contribution in [0.4, 0.5) is 0 Å². The molecule has 0 aromatic heterocycles. The molecule has 0 aliphatic heterocycles. The van der Waals surface area contributed by atoms with E-state index < -0.39 is 13.8 Å². The van der Waals surface area contributed by atoms with Crippen molar-refractivity contribution in [2.24, 2.45) is 0 Å². The summed E-state index contributed by atoms with van der Waals surface area (Å²) in [5.41, 5.74) is 1.15. The molecule has 21 heavy (non-hydrogen) atoms. The van der Waals surface area contributed by atoms with Gasteiger partial charge in [0.2, 0.25) is 0 Å². The van der Waals surface area contributed by atoms with Crippen molar-refractivity contribution in [1.29, 1.82) is 0 Å². The Morgan fingerprint density at radius 1 is 1.19 bits per heavy atom. The number of allylic oxidation sites excluding steroid dienone is 1. The monoisotopic (exact) mass is 348 g/mol. The molecule has 2 rings (SSSR count). The molecule has 0 heterocycles. The first kappa shape index (κ1) is 16.6. The van der Waals surface area contributed by atoms with Crippen molar-refractivity contribution in [1.82, 2.24) is 4.90 Å². The first-order valence-electron chi connectivity index (χ1n) is 7.11. The maximum absolute atomic E-state index is 12.6. The Hall–Kier alpha value is -0.761. The zero-order chi connectivity index (χ0) is 15.2. The Labute approximate surface area is 133 Å². The van der Waals surface area contributed by atoms with Crippen LogP contribution in [0.1, 0.15) is 12.5 Å². The van der Waals surface area contributed by atoms with Crippen LogP contribution in [0.25, 0.3) is 6.08 Å². The minimum absolute atomic E-state index is 0.299. The molecule has 1 unspecified atom stereocenters. The fourth-order valence-corrected chi connectivity index (χ4v) is 4.65. The Kier molecular flexibility index (Phi) is 6.35. The van der Waals surface area contributed by atoms with Crippen molar-refractivity contribution in [3.63, 3.8) is 0 Å². The predicted octanol–water partition coefficient (Wildman–Crippen LogP) is 3.39. The van der Waals surface area contributed by atoms with Crippen LogP contribution in [0.3, 0.4) is 0 Å². The van der Waals surface area contributed by atoms with Crippen molar-refractivity contribution in [3.05, 3.63) is 72.0 Å². The van der Waals surface area contributed by atoms with E-state index in [9.17, 15) is 3.83 Å².